The molecule has 94 valence electrons. The normalized spacial score (nSPS) is 9.82. The second kappa shape index (κ2) is 5.98. The number of nitrogens with zero attached hydrogens (tertiary/aromatic N) is 1. The lowest BCUT2D eigenvalue weighted by atomic mass is 10.2. The van der Waals surface area contributed by atoms with Crippen molar-refractivity contribution in [1.82, 2.24) is 4.90 Å². The SMILES string of the molecule is COc1ccc(NCCC(=O)N(C)C)c(N)c1. The predicted molar refractivity (Wildman–Crippen MR) is 69.2 cm³/mol. The Morgan fingerprint density at radius 2 is 2.18 bits per heavy atom. The number of carbonyl (C=O) groups is 1. The monoisotopic (exact) mass is 237 g/mol. The van der Waals surface area contributed by atoms with Gasteiger partial charge in [-0.1, -0.05) is 0 Å². The van der Waals surface area contributed by atoms with Crippen molar-refractivity contribution in [3.8, 4) is 5.75 Å². The minimum absolute atomic E-state index is 0.0876. The maximum Gasteiger partial charge on any atom is 0.223 e. The van der Waals surface area contributed by atoms with Crippen molar-refractivity contribution in [1.29, 1.82) is 0 Å². The average molecular weight is 237 g/mol. The van der Waals surface area contributed by atoms with E-state index in [1.807, 2.05) is 12.1 Å². The molecular weight excluding hydrogens is 218 g/mol. The number of nitrogens with one attached hydrogen (secondary N) is 1. The minimum Gasteiger partial charge on any atom is -0.497 e. The van der Waals surface area contributed by atoms with E-state index >= 15 is 0 Å². The van der Waals surface area contributed by atoms with Gasteiger partial charge < -0.3 is 20.7 Å². The maximum absolute atomic E-state index is 11.4. The predicted octanol–water partition coefficient (Wildman–Crippen LogP) is 1.17. The molecule has 0 heterocycles. The Hall–Kier alpha value is -1.91. The van der Waals surface area contributed by atoms with Crippen LogP contribution in [-0.4, -0.2) is 38.6 Å². The molecule has 1 aromatic rings. The topological polar surface area (TPSA) is 67.6 Å². The second-order valence-electron chi connectivity index (χ2n) is 3.92. The van der Waals surface area contributed by atoms with Crippen LogP contribution in [0.15, 0.2) is 18.2 Å². The van der Waals surface area contributed by atoms with Crippen LogP contribution in [0, 0.1) is 0 Å². The van der Waals surface area contributed by atoms with Gasteiger partial charge in [0, 0.05) is 33.1 Å². The average Bonchev–Trinajstić information content (AvgIpc) is 2.30. The van der Waals surface area contributed by atoms with Gasteiger partial charge in [0.25, 0.3) is 0 Å². The molecule has 1 aromatic carbocycles. The lowest BCUT2D eigenvalue weighted by molar-refractivity contribution is -0.128. The maximum atomic E-state index is 11.4. The Morgan fingerprint density at radius 1 is 1.47 bits per heavy atom. The van der Waals surface area contributed by atoms with Crippen molar-refractivity contribution in [2.45, 2.75) is 6.42 Å². The van der Waals surface area contributed by atoms with Gasteiger partial charge in [0.05, 0.1) is 18.5 Å². The molecule has 0 bridgehead atoms. The number of nitrogens with two attached hydrogens (primary N) is 1. The Balaban J connectivity index is 2.50. The molecule has 0 unspecified atom stereocenters. The standard InChI is InChI=1S/C12H19N3O2/c1-15(2)12(16)6-7-14-11-5-4-9(17-3)8-10(11)13/h4-5,8,14H,6-7,13H2,1-3H3. The van der Waals surface area contributed by atoms with Gasteiger partial charge in [0.1, 0.15) is 5.75 Å². The van der Waals surface area contributed by atoms with Gasteiger partial charge in [0.2, 0.25) is 5.91 Å². The molecule has 0 spiro atoms. The molecule has 0 atom stereocenters. The number of rotatable bonds is 5. The number of methoxy groups -OCH3 is 1. The molecule has 0 aliphatic rings. The first-order valence-electron chi connectivity index (χ1n) is 5.42. The highest BCUT2D eigenvalue weighted by atomic mass is 16.5. The van der Waals surface area contributed by atoms with Crippen molar-refractivity contribution in [3.63, 3.8) is 0 Å². The molecule has 0 saturated heterocycles. The molecule has 0 aliphatic heterocycles. The summed E-state index contributed by atoms with van der Waals surface area (Å²) in [4.78, 5) is 12.9. The number of amides is 1. The molecule has 0 radical (unpaired) electrons. The van der Waals surface area contributed by atoms with Gasteiger partial charge in [-0.2, -0.15) is 0 Å². The van der Waals surface area contributed by atoms with Crippen LogP contribution in [0.25, 0.3) is 0 Å². The summed E-state index contributed by atoms with van der Waals surface area (Å²) in [5, 5.41) is 3.12. The van der Waals surface area contributed by atoms with Crippen LogP contribution in [-0.2, 0) is 4.79 Å². The molecule has 3 N–H and O–H groups in total. The van der Waals surface area contributed by atoms with Gasteiger partial charge in [-0.3, -0.25) is 4.79 Å². The van der Waals surface area contributed by atoms with E-state index in [4.69, 9.17) is 10.5 Å². The fourth-order valence-corrected chi connectivity index (χ4v) is 1.36. The summed E-state index contributed by atoms with van der Waals surface area (Å²) in [6, 6.07) is 5.41. The van der Waals surface area contributed by atoms with Crippen LogP contribution in [0.3, 0.4) is 0 Å². The number of ether oxygens (including phenoxy) is 1. The van der Waals surface area contributed by atoms with Crippen LogP contribution < -0.4 is 15.8 Å². The van der Waals surface area contributed by atoms with E-state index in [0.29, 0.717) is 18.7 Å². The minimum atomic E-state index is 0.0876. The molecule has 0 aliphatic carbocycles. The van der Waals surface area contributed by atoms with Crippen LogP contribution in [0.4, 0.5) is 11.4 Å². The smallest absolute Gasteiger partial charge is 0.223 e. The van der Waals surface area contributed by atoms with Crippen LogP contribution in [0.1, 0.15) is 6.42 Å². The van der Waals surface area contributed by atoms with E-state index in [-0.39, 0.29) is 5.91 Å². The largest absolute Gasteiger partial charge is 0.497 e. The first kappa shape index (κ1) is 13.2. The van der Waals surface area contributed by atoms with Crippen molar-refractivity contribution in [3.05, 3.63) is 18.2 Å². The van der Waals surface area contributed by atoms with Gasteiger partial charge in [-0.25, -0.2) is 0 Å². The lowest BCUT2D eigenvalue weighted by Crippen LogP contribution is -2.24. The van der Waals surface area contributed by atoms with E-state index in [2.05, 4.69) is 5.32 Å². The van der Waals surface area contributed by atoms with Gasteiger partial charge in [0.15, 0.2) is 0 Å². The molecule has 0 fully saturated rings. The first-order valence-corrected chi connectivity index (χ1v) is 5.42. The highest BCUT2D eigenvalue weighted by Crippen LogP contribution is 2.23. The summed E-state index contributed by atoms with van der Waals surface area (Å²) in [5.74, 6) is 0.807. The Morgan fingerprint density at radius 3 is 2.71 bits per heavy atom. The lowest BCUT2D eigenvalue weighted by Gasteiger charge is -2.12. The number of hydrogen-bond donors (Lipinski definition) is 2. The summed E-state index contributed by atoms with van der Waals surface area (Å²) in [6.07, 6.45) is 0.443. The van der Waals surface area contributed by atoms with E-state index in [0.717, 1.165) is 11.4 Å². The summed E-state index contributed by atoms with van der Waals surface area (Å²) in [6.45, 7) is 0.563. The zero-order valence-corrected chi connectivity index (χ0v) is 10.5. The molecule has 0 aromatic heterocycles. The third-order valence-corrected chi connectivity index (χ3v) is 2.41. The van der Waals surface area contributed by atoms with E-state index < -0.39 is 0 Å². The number of carbonyl (C=O) groups excluding carboxylic acids is 1. The fourth-order valence-electron chi connectivity index (χ4n) is 1.36. The third kappa shape index (κ3) is 3.86. The molecule has 17 heavy (non-hydrogen) atoms. The Labute approximate surface area is 102 Å². The van der Waals surface area contributed by atoms with Crippen LogP contribution in [0.5, 0.6) is 5.75 Å². The summed E-state index contributed by atoms with van der Waals surface area (Å²) < 4.78 is 5.06. The molecule has 5 nitrogen and oxygen atoms in total. The molecule has 0 saturated carbocycles. The third-order valence-electron chi connectivity index (χ3n) is 2.41. The number of nitrogen functional groups attached to an aromatic ring is 1. The Bertz CT molecular complexity index is 391. The van der Waals surface area contributed by atoms with E-state index in [1.165, 1.54) is 0 Å². The molecule has 1 rings (SSSR count). The summed E-state index contributed by atoms with van der Waals surface area (Å²) in [5.41, 5.74) is 7.27. The van der Waals surface area contributed by atoms with Crippen molar-refractivity contribution in [2.24, 2.45) is 0 Å². The highest BCUT2D eigenvalue weighted by Gasteiger charge is 2.04. The van der Waals surface area contributed by atoms with Crippen molar-refractivity contribution in [2.75, 3.05) is 38.8 Å². The van der Waals surface area contributed by atoms with E-state index in [1.54, 1.807) is 32.2 Å². The fraction of sp³-hybridized carbons (Fsp3) is 0.417. The van der Waals surface area contributed by atoms with Gasteiger partial charge >= 0.3 is 0 Å². The van der Waals surface area contributed by atoms with Crippen LogP contribution >= 0.6 is 0 Å². The second-order valence-corrected chi connectivity index (χ2v) is 3.92. The Kier molecular flexibility index (Phi) is 4.63. The number of hydrogen-bond acceptors (Lipinski definition) is 4. The van der Waals surface area contributed by atoms with Gasteiger partial charge in [-0.05, 0) is 12.1 Å². The van der Waals surface area contributed by atoms with Crippen LogP contribution in [0.2, 0.25) is 0 Å². The summed E-state index contributed by atoms with van der Waals surface area (Å²) >= 11 is 0. The molecule has 1 amide bonds. The zero-order chi connectivity index (χ0) is 12.8. The highest BCUT2D eigenvalue weighted by molar-refractivity contribution is 5.76. The number of benzene rings is 1. The van der Waals surface area contributed by atoms with Crippen molar-refractivity contribution < 1.29 is 9.53 Å². The number of anilines is 2. The first-order chi connectivity index (χ1) is 8.04. The quantitative estimate of drug-likeness (QED) is 0.754. The molecule has 5 heteroatoms. The summed E-state index contributed by atoms with van der Waals surface area (Å²) in [7, 11) is 5.08. The van der Waals surface area contributed by atoms with Gasteiger partial charge in [-0.15, -0.1) is 0 Å². The van der Waals surface area contributed by atoms with E-state index in [9.17, 15) is 4.79 Å². The molecular formula is C12H19N3O2. The van der Waals surface area contributed by atoms with Crippen molar-refractivity contribution >= 4 is 17.3 Å². The zero-order valence-electron chi connectivity index (χ0n) is 10.5.